The van der Waals surface area contributed by atoms with Crippen molar-refractivity contribution >= 4 is 45.5 Å². The molecule has 0 aliphatic rings. The molecule has 4 aromatic rings. The normalized spacial score (nSPS) is 12.6. The van der Waals surface area contributed by atoms with Crippen molar-refractivity contribution in [3.63, 3.8) is 0 Å². The summed E-state index contributed by atoms with van der Waals surface area (Å²) in [6.45, 7) is 10.5. The Balaban J connectivity index is 1.73. The van der Waals surface area contributed by atoms with Gasteiger partial charge in [-0.1, -0.05) is 80.0 Å². The largest absolute Gasteiger partial charge is 0.316 e. The summed E-state index contributed by atoms with van der Waals surface area (Å²) >= 11 is 5.70. The van der Waals surface area contributed by atoms with Crippen molar-refractivity contribution in [3.05, 3.63) is 82.0 Å². The number of nitrogens with zero attached hydrogens (tertiary/aromatic N) is 3. The average molecular weight is 570 g/mol. The summed E-state index contributed by atoms with van der Waals surface area (Å²) in [5, 5.41) is 0.952. The Labute approximate surface area is 235 Å². The van der Waals surface area contributed by atoms with E-state index in [1.807, 2.05) is 79.9 Å². The van der Waals surface area contributed by atoms with Crippen molar-refractivity contribution in [1.29, 1.82) is 0 Å². The number of halogens is 1. The predicted octanol–water partition coefficient (Wildman–Crippen LogP) is 7.73. The van der Waals surface area contributed by atoms with Gasteiger partial charge in [0, 0.05) is 28.1 Å². The molecule has 0 radical (unpaired) electrons. The van der Waals surface area contributed by atoms with Crippen molar-refractivity contribution in [2.75, 3.05) is 4.31 Å². The summed E-state index contributed by atoms with van der Waals surface area (Å²) in [6, 6.07) is 19.8. The number of imidazole rings is 1. The molecule has 0 aliphatic carbocycles. The molecule has 1 N–H and O–H groups in total. The van der Waals surface area contributed by atoms with Gasteiger partial charge in [-0.25, -0.2) is 9.19 Å². The molecule has 0 bridgehead atoms. The fourth-order valence-electron chi connectivity index (χ4n) is 4.39. The second-order valence-electron chi connectivity index (χ2n) is 10.6. The van der Waals surface area contributed by atoms with Gasteiger partial charge in [-0.05, 0) is 50.3 Å². The minimum Gasteiger partial charge on any atom is -0.316 e. The number of rotatable bonds is 9. The van der Waals surface area contributed by atoms with Gasteiger partial charge in [-0.3, -0.25) is 13.7 Å². The van der Waals surface area contributed by atoms with Crippen molar-refractivity contribution in [3.8, 4) is 22.5 Å². The molecule has 2 aromatic heterocycles. The van der Waals surface area contributed by atoms with E-state index < -0.39 is 16.8 Å². The number of aldehydes is 1. The Morgan fingerprint density at radius 2 is 1.76 bits per heavy atom. The van der Waals surface area contributed by atoms with E-state index in [1.54, 1.807) is 15.6 Å². The highest BCUT2D eigenvalue weighted by Gasteiger charge is 2.31. The maximum absolute atomic E-state index is 12.4. The van der Waals surface area contributed by atoms with Gasteiger partial charge < -0.3 is 4.57 Å². The SMILES string of the molecule is CC(C)Cc1cc(-c2ccc(Cn3c(-c4ccccc4)nc(Cl)c3C=O)cc2)c(N(S(=O)O)C(C)(C)C)s1. The Morgan fingerprint density at radius 1 is 1.11 bits per heavy atom. The number of hydrogen-bond acceptors (Lipinski definition) is 4. The standard InChI is InChI=1S/C29H32ClN3O3S2/c1-19(2)15-23-16-24(28(37-23)33(38(35)36)29(3,4)5)21-13-11-20(12-14-21)17-32-25(18-34)26(30)31-27(32)22-9-7-6-8-10-22/h6-14,16,18-19H,15,17H2,1-5H3,(H,35,36). The van der Waals surface area contributed by atoms with Crippen LogP contribution in [-0.2, 0) is 24.2 Å². The molecule has 1 unspecified atom stereocenters. The highest BCUT2D eigenvalue weighted by molar-refractivity contribution is 7.81. The predicted molar refractivity (Wildman–Crippen MR) is 158 cm³/mol. The first kappa shape index (κ1) is 28.2. The number of anilines is 1. The topological polar surface area (TPSA) is 75.4 Å². The van der Waals surface area contributed by atoms with E-state index in [4.69, 9.17) is 11.6 Å². The van der Waals surface area contributed by atoms with Crippen molar-refractivity contribution in [1.82, 2.24) is 9.55 Å². The minimum atomic E-state index is -2.17. The summed E-state index contributed by atoms with van der Waals surface area (Å²) < 4.78 is 26.0. The Kier molecular flexibility index (Phi) is 8.57. The Bertz CT molecular complexity index is 1440. The van der Waals surface area contributed by atoms with Gasteiger partial charge in [0.2, 0.25) is 0 Å². The molecule has 0 saturated heterocycles. The second-order valence-corrected chi connectivity index (χ2v) is 12.9. The van der Waals surface area contributed by atoms with E-state index in [9.17, 15) is 13.6 Å². The first-order valence-electron chi connectivity index (χ1n) is 12.4. The Hall–Kier alpha value is -2.78. The molecule has 4 rings (SSSR count). The van der Waals surface area contributed by atoms with Crippen LogP contribution in [0.25, 0.3) is 22.5 Å². The van der Waals surface area contributed by atoms with E-state index in [1.165, 1.54) is 4.88 Å². The van der Waals surface area contributed by atoms with Gasteiger partial charge in [0.15, 0.2) is 11.4 Å². The molecular weight excluding hydrogens is 538 g/mol. The molecule has 0 fully saturated rings. The van der Waals surface area contributed by atoms with Gasteiger partial charge >= 0.3 is 0 Å². The molecule has 6 nitrogen and oxygen atoms in total. The zero-order valence-corrected chi connectivity index (χ0v) is 24.5. The van der Waals surface area contributed by atoms with Gasteiger partial charge in [0.25, 0.3) is 11.3 Å². The summed E-state index contributed by atoms with van der Waals surface area (Å²) in [5.41, 5.74) is 3.52. The third-order valence-corrected chi connectivity index (χ3v) is 8.61. The van der Waals surface area contributed by atoms with Crippen molar-refractivity contribution in [2.24, 2.45) is 5.92 Å². The lowest BCUT2D eigenvalue weighted by molar-refractivity contribution is 0.111. The maximum atomic E-state index is 12.4. The highest BCUT2D eigenvalue weighted by Crippen LogP contribution is 2.43. The highest BCUT2D eigenvalue weighted by atomic mass is 35.5. The number of carbonyl (C=O) groups is 1. The zero-order chi connectivity index (χ0) is 27.6. The lowest BCUT2D eigenvalue weighted by Crippen LogP contribution is -2.42. The molecule has 2 heterocycles. The van der Waals surface area contributed by atoms with Gasteiger partial charge in [-0.2, -0.15) is 0 Å². The van der Waals surface area contributed by atoms with Crippen LogP contribution in [0.1, 0.15) is 55.5 Å². The van der Waals surface area contributed by atoms with Crippen LogP contribution in [0.5, 0.6) is 0 Å². The number of carbonyl (C=O) groups excluding carboxylic acids is 1. The molecule has 38 heavy (non-hydrogen) atoms. The number of aromatic nitrogens is 2. The van der Waals surface area contributed by atoms with E-state index in [0.717, 1.165) is 40.0 Å². The molecule has 200 valence electrons. The van der Waals surface area contributed by atoms with Crippen LogP contribution >= 0.6 is 22.9 Å². The third-order valence-electron chi connectivity index (χ3n) is 6.03. The van der Waals surface area contributed by atoms with Crippen LogP contribution in [0.2, 0.25) is 5.15 Å². The fraction of sp³-hybridized carbons (Fsp3) is 0.310. The number of hydrogen-bond donors (Lipinski definition) is 1. The van der Waals surface area contributed by atoms with Gasteiger partial charge in [-0.15, -0.1) is 11.3 Å². The van der Waals surface area contributed by atoms with E-state index in [0.29, 0.717) is 24.0 Å². The van der Waals surface area contributed by atoms with E-state index >= 15 is 0 Å². The minimum absolute atomic E-state index is 0.176. The summed E-state index contributed by atoms with van der Waals surface area (Å²) in [4.78, 5) is 17.5. The molecule has 0 saturated carbocycles. The third kappa shape index (κ3) is 6.10. The lowest BCUT2D eigenvalue weighted by Gasteiger charge is -2.33. The number of benzene rings is 2. The molecule has 0 amide bonds. The van der Waals surface area contributed by atoms with E-state index in [2.05, 4.69) is 24.9 Å². The average Bonchev–Trinajstić information content (AvgIpc) is 3.38. The first-order chi connectivity index (χ1) is 18.0. The molecule has 1 atom stereocenters. The van der Waals surface area contributed by atoms with Crippen LogP contribution < -0.4 is 4.31 Å². The monoisotopic (exact) mass is 569 g/mol. The van der Waals surface area contributed by atoms with Crippen LogP contribution in [0, 0.1) is 5.92 Å². The molecule has 2 aromatic carbocycles. The molecule has 0 aliphatic heterocycles. The molecule has 9 heteroatoms. The van der Waals surface area contributed by atoms with Crippen LogP contribution in [0.4, 0.5) is 5.00 Å². The van der Waals surface area contributed by atoms with Crippen molar-refractivity contribution < 1.29 is 13.6 Å². The lowest BCUT2D eigenvalue weighted by atomic mass is 10.0. The Morgan fingerprint density at radius 3 is 2.32 bits per heavy atom. The molecule has 0 spiro atoms. The fourth-order valence-corrected chi connectivity index (χ4v) is 7.11. The van der Waals surface area contributed by atoms with Crippen LogP contribution in [0.15, 0.2) is 60.7 Å². The summed E-state index contributed by atoms with van der Waals surface area (Å²) in [7, 11) is 0. The zero-order valence-electron chi connectivity index (χ0n) is 22.1. The van der Waals surface area contributed by atoms with Crippen LogP contribution in [0.3, 0.4) is 0 Å². The van der Waals surface area contributed by atoms with Crippen molar-refractivity contribution in [2.45, 2.75) is 53.1 Å². The van der Waals surface area contributed by atoms with Gasteiger partial charge in [0.05, 0.1) is 0 Å². The second kappa shape index (κ2) is 11.5. The quantitative estimate of drug-likeness (QED) is 0.165. The molecular formula is C29H32ClN3O3S2. The first-order valence-corrected chi connectivity index (χ1v) is 14.6. The maximum Gasteiger partial charge on any atom is 0.263 e. The van der Waals surface area contributed by atoms with E-state index in [-0.39, 0.29) is 5.15 Å². The smallest absolute Gasteiger partial charge is 0.263 e. The summed E-state index contributed by atoms with van der Waals surface area (Å²) in [5.74, 6) is 1.10. The van der Waals surface area contributed by atoms with Crippen LogP contribution in [-0.4, -0.2) is 30.1 Å². The van der Waals surface area contributed by atoms with Gasteiger partial charge in [0.1, 0.15) is 16.5 Å². The summed E-state index contributed by atoms with van der Waals surface area (Å²) in [6.07, 6.45) is 1.63. The number of thiophene rings is 1.